The van der Waals surface area contributed by atoms with Gasteiger partial charge in [-0.3, -0.25) is 0 Å². The summed E-state index contributed by atoms with van der Waals surface area (Å²) in [6.45, 7) is 0. The van der Waals surface area contributed by atoms with Crippen molar-refractivity contribution >= 4 is 162 Å². The van der Waals surface area contributed by atoms with Gasteiger partial charge in [-0.25, -0.2) is 0 Å². The van der Waals surface area contributed by atoms with E-state index in [1.165, 1.54) is 12.1 Å². The molecule has 0 aromatic heterocycles. The van der Waals surface area contributed by atoms with Gasteiger partial charge < -0.3 is 0 Å². The molecule has 0 atom stereocenters. The molecule has 9 aromatic carbocycles. The van der Waals surface area contributed by atoms with Gasteiger partial charge in [0.05, 0.1) is 60.3 Å². The molecule has 0 aliphatic carbocycles. The van der Waals surface area contributed by atoms with Crippen LogP contribution < -0.4 is 20.9 Å². The maximum atomic E-state index is 7.54. The van der Waals surface area contributed by atoms with Crippen molar-refractivity contribution in [2.45, 2.75) is 0 Å². The van der Waals surface area contributed by atoms with E-state index in [0.29, 0.717) is 33.4 Å². The third kappa shape index (κ3) is 9.90. The van der Waals surface area contributed by atoms with Gasteiger partial charge in [-0.1, -0.05) is 309 Å². The number of halogens is 12. The first-order valence-corrected chi connectivity index (χ1v) is 25.7. The highest BCUT2D eigenvalue weighted by atomic mass is 35.5. The van der Waals surface area contributed by atoms with E-state index < -0.39 is 0 Å². The lowest BCUT2D eigenvalue weighted by molar-refractivity contribution is 1.42. The summed E-state index contributed by atoms with van der Waals surface area (Å²) in [6, 6.07) is 57.8. The lowest BCUT2D eigenvalue weighted by atomic mass is 9.90. The van der Waals surface area contributed by atoms with E-state index in [4.69, 9.17) is 139 Å². The fraction of sp³-hybridized carbons (Fsp3) is 0. The average molecular weight is 1150 g/mol. The quantitative estimate of drug-likeness (QED) is 0.133. The summed E-state index contributed by atoms with van der Waals surface area (Å²) in [6.07, 6.45) is 0. The molecule has 0 heterocycles. The van der Waals surface area contributed by atoms with Gasteiger partial charge in [0.15, 0.2) is 0 Å². The molecule has 0 saturated carbocycles. The second-order valence-electron chi connectivity index (χ2n) is 15.8. The highest BCUT2D eigenvalue weighted by Crippen LogP contribution is 2.49. The van der Waals surface area contributed by atoms with Crippen LogP contribution in [-0.4, -0.2) is 0 Å². The Kier molecular flexibility index (Phi) is 16.0. The fourth-order valence-electron chi connectivity index (χ4n) is 8.50. The van der Waals surface area contributed by atoms with Crippen molar-refractivity contribution in [1.82, 2.24) is 0 Å². The van der Waals surface area contributed by atoms with Crippen molar-refractivity contribution in [3.05, 3.63) is 308 Å². The average Bonchev–Trinajstić information content (AvgIpc) is 3.38. The summed E-state index contributed by atoms with van der Waals surface area (Å²) in [7, 11) is 0. The molecule has 0 aliphatic rings. The molecule has 0 N–H and O–H groups in total. The Morgan fingerprint density at radius 1 is 0.200 bits per heavy atom. The predicted octanol–water partition coefficient (Wildman–Crippen LogP) is 18.5. The second kappa shape index (κ2) is 22.0. The van der Waals surface area contributed by atoms with Crippen LogP contribution >= 0.6 is 139 Å². The van der Waals surface area contributed by atoms with Crippen molar-refractivity contribution in [3.63, 3.8) is 0 Å². The van der Waals surface area contributed by atoms with Crippen LogP contribution in [0.25, 0.3) is 22.3 Å². The van der Waals surface area contributed by atoms with Gasteiger partial charge >= 0.3 is 0 Å². The Morgan fingerprint density at radius 2 is 0.371 bits per heavy atom. The van der Waals surface area contributed by atoms with Gasteiger partial charge in [0.25, 0.3) is 0 Å². The van der Waals surface area contributed by atoms with Crippen LogP contribution in [0.1, 0.15) is 44.5 Å². The molecule has 0 nitrogen and oxygen atoms in total. The van der Waals surface area contributed by atoms with Gasteiger partial charge in [0.2, 0.25) is 0 Å². The number of hydrogen-bond donors (Lipinski definition) is 0. The minimum Gasteiger partial charge on any atom is -0.0826 e. The van der Waals surface area contributed by atoms with Crippen molar-refractivity contribution in [3.8, 4) is 0 Å². The molecule has 12 heteroatoms. The Hall–Kier alpha value is -4.06. The Bertz CT molecular complexity index is 3390. The zero-order chi connectivity index (χ0) is 49.4. The predicted molar refractivity (Wildman–Crippen MR) is 303 cm³/mol. The minimum atomic E-state index is 0.199. The first kappa shape index (κ1) is 50.9. The lowest BCUT2D eigenvalue weighted by Crippen LogP contribution is -2.17. The zero-order valence-electron chi connectivity index (χ0n) is 35.9. The molecule has 0 saturated heterocycles. The number of rotatable bonds is 8. The van der Waals surface area contributed by atoms with Crippen molar-refractivity contribution < 1.29 is 0 Å². The van der Waals surface area contributed by atoms with Crippen LogP contribution in [0.4, 0.5) is 0 Å². The summed E-state index contributed by atoms with van der Waals surface area (Å²) in [5.41, 5.74) is 8.05. The van der Waals surface area contributed by atoms with Crippen LogP contribution in [-0.2, 0) is 0 Å². The van der Waals surface area contributed by atoms with Crippen LogP contribution in [0.3, 0.4) is 0 Å². The summed E-state index contributed by atoms with van der Waals surface area (Å²) >= 11 is 84.1. The van der Waals surface area contributed by atoms with Gasteiger partial charge in [-0.2, -0.15) is 0 Å². The molecular weight excluding hydrogens is 1120 g/mol. The summed E-state index contributed by atoms with van der Waals surface area (Å²) in [5, 5.41) is 6.08. The molecule has 70 heavy (non-hydrogen) atoms. The van der Waals surface area contributed by atoms with E-state index in [1.54, 1.807) is 0 Å². The molecule has 0 fully saturated rings. The van der Waals surface area contributed by atoms with Crippen molar-refractivity contribution in [2.24, 2.45) is 0 Å². The fourth-order valence-corrected chi connectivity index (χ4v) is 11.7. The first-order chi connectivity index (χ1) is 33.8. The molecule has 9 rings (SSSR count). The molecule has 346 valence electrons. The van der Waals surface area contributed by atoms with Crippen LogP contribution in [0.2, 0.25) is 60.3 Å². The standard InChI is InChI=1S/C58H30Cl12/c59-39-29-40(60)52(64)47(51(39)63)43(31-13-5-1-6-14-31)35-21-25-37(26-22-35)45(33-17-9-3-10-18-33)49-55(67)57(69)50(58(70)56(49)68)46(34-19-11-4-12-20-34)38-27-23-36(24-28-38)44(32-15-7-2-8-16-32)48-53(65)41(61)30-42(62)54(48)66/h1-30H. The second-order valence-corrected chi connectivity index (χ2v) is 20.5. The summed E-state index contributed by atoms with van der Waals surface area (Å²) < 4.78 is 0. The van der Waals surface area contributed by atoms with E-state index >= 15 is 0 Å². The highest BCUT2D eigenvalue weighted by Gasteiger charge is 2.27. The first-order valence-electron chi connectivity index (χ1n) is 21.2. The number of benzene rings is 9. The molecule has 0 spiro atoms. The molecule has 0 unspecified atom stereocenters. The summed E-state index contributed by atoms with van der Waals surface area (Å²) in [5.74, 6) is 0. The van der Waals surface area contributed by atoms with Crippen LogP contribution in [0.15, 0.2) is 182 Å². The topological polar surface area (TPSA) is 0 Å². The lowest BCUT2D eigenvalue weighted by Gasteiger charge is -2.21. The smallest absolute Gasteiger partial charge is 0.0693 e. The maximum Gasteiger partial charge on any atom is 0.0693 e. The maximum absolute atomic E-state index is 7.54. The Labute approximate surface area is 464 Å². The minimum absolute atomic E-state index is 0.199. The highest BCUT2D eigenvalue weighted by molar-refractivity contribution is 6.52. The Morgan fingerprint density at radius 3 is 0.557 bits per heavy atom. The molecule has 9 aromatic rings. The molecular formula is C58H30Cl12. The Balaban J connectivity index is 1.31. The van der Waals surface area contributed by atoms with Gasteiger partial charge in [0, 0.05) is 22.3 Å². The largest absolute Gasteiger partial charge is 0.0826 e. The van der Waals surface area contributed by atoms with Gasteiger partial charge in [-0.15, -0.1) is 0 Å². The van der Waals surface area contributed by atoms with E-state index in [2.05, 4.69) is 0 Å². The molecule has 0 amide bonds. The number of hydrogen-bond acceptors (Lipinski definition) is 0. The van der Waals surface area contributed by atoms with Crippen LogP contribution in [0, 0.1) is 0 Å². The normalized spacial score (nSPS) is 11.1. The van der Waals surface area contributed by atoms with Crippen LogP contribution in [0.5, 0.6) is 0 Å². The van der Waals surface area contributed by atoms with E-state index in [9.17, 15) is 0 Å². The third-order valence-electron chi connectivity index (χ3n) is 11.7. The van der Waals surface area contributed by atoms with Crippen molar-refractivity contribution in [1.29, 1.82) is 0 Å². The van der Waals surface area contributed by atoms with E-state index in [1.807, 2.05) is 170 Å². The third-order valence-corrected chi connectivity index (χ3v) is 16.5. The van der Waals surface area contributed by atoms with Gasteiger partial charge in [-0.05, 0) is 77.6 Å². The molecule has 0 bridgehead atoms. The van der Waals surface area contributed by atoms with Gasteiger partial charge in [0.1, 0.15) is 0 Å². The SMILES string of the molecule is Clc1cc(Cl)c(Cl)c(C(c2ccccc2)=c2ccc(=C(c3ccccc3)c3c(Cl)c(Cl)c(C(c4ccccc4)=c4ccc(=C(c5ccccc5)c5c(Cl)c(Cl)cc(Cl)c5Cl)cc4)c(Cl)c3Cl)cc2)c1Cl. The van der Waals surface area contributed by atoms with E-state index in [0.717, 1.165) is 54.3 Å². The zero-order valence-corrected chi connectivity index (χ0v) is 44.9. The monoisotopic (exact) mass is 1150 g/mol. The van der Waals surface area contributed by atoms with E-state index in [-0.39, 0.29) is 60.3 Å². The molecule has 0 radical (unpaired) electrons. The van der Waals surface area contributed by atoms with Crippen molar-refractivity contribution in [2.75, 3.05) is 0 Å². The molecule has 0 aliphatic heterocycles. The summed E-state index contributed by atoms with van der Waals surface area (Å²) in [4.78, 5) is 0.